The Hall–Kier alpha value is -2.97. The monoisotopic (exact) mass is 480 g/mol. The van der Waals surface area contributed by atoms with Gasteiger partial charge in [0.2, 0.25) is 0 Å². The number of phenols is 1. The topological polar surface area (TPSA) is 73.6 Å². The molecule has 4 aromatic rings. The highest BCUT2D eigenvalue weighted by Crippen LogP contribution is 2.34. The Bertz CT molecular complexity index is 1410. The van der Waals surface area contributed by atoms with Crippen molar-refractivity contribution in [1.29, 1.82) is 0 Å². The van der Waals surface area contributed by atoms with Crippen molar-refractivity contribution >= 4 is 33.3 Å². The molecule has 1 atom stereocenters. The average Bonchev–Trinajstić information content (AvgIpc) is 3.13. The molecule has 0 radical (unpaired) electrons. The van der Waals surface area contributed by atoms with Crippen LogP contribution in [-0.4, -0.2) is 33.1 Å². The zero-order valence-corrected chi connectivity index (χ0v) is 20.3. The summed E-state index contributed by atoms with van der Waals surface area (Å²) in [6.45, 7) is 6.42. The standard InChI is InChI=1S/C25H24N2O4S2/c1-4-18-15(3)33-23-22(18)24(29)27(19-10-9-16(28)11-14(19)2)25(26-23)32-13-17-12-30-20-7-5-6-8-21(20)31-17/h5-11,17,28H,4,12-13H2,1-3H3/t17-/m0/s1. The summed E-state index contributed by atoms with van der Waals surface area (Å²) in [5.41, 5.74) is 2.49. The van der Waals surface area contributed by atoms with Crippen molar-refractivity contribution in [3.8, 4) is 22.9 Å². The predicted octanol–water partition coefficient (Wildman–Crippen LogP) is 5.26. The summed E-state index contributed by atoms with van der Waals surface area (Å²) in [6, 6.07) is 12.7. The molecule has 170 valence electrons. The number of hydrogen-bond donors (Lipinski definition) is 1. The van der Waals surface area contributed by atoms with Crippen LogP contribution in [0.5, 0.6) is 17.2 Å². The molecule has 0 amide bonds. The summed E-state index contributed by atoms with van der Waals surface area (Å²) in [5, 5.41) is 11.2. The second-order valence-electron chi connectivity index (χ2n) is 7.98. The highest BCUT2D eigenvalue weighted by atomic mass is 32.2. The quantitative estimate of drug-likeness (QED) is 0.310. The Morgan fingerprint density at radius 2 is 2.00 bits per heavy atom. The number of thioether (sulfide) groups is 1. The highest BCUT2D eigenvalue weighted by Gasteiger charge is 2.24. The molecule has 1 aliphatic heterocycles. The van der Waals surface area contributed by atoms with Crippen LogP contribution in [0.1, 0.15) is 22.9 Å². The Balaban J connectivity index is 1.57. The summed E-state index contributed by atoms with van der Waals surface area (Å²) >= 11 is 3.04. The molecule has 0 aliphatic carbocycles. The van der Waals surface area contributed by atoms with Gasteiger partial charge in [0.25, 0.3) is 5.56 Å². The molecular weight excluding hydrogens is 456 g/mol. The van der Waals surface area contributed by atoms with E-state index in [1.165, 1.54) is 11.8 Å². The van der Waals surface area contributed by atoms with E-state index in [2.05, 4.69) is 6.92 Å². The van der Waals surface area contributed by atoms with Crippen molar-refractivity contribution in [3.63, 3.8) is 0 Å². The lowest BCUT2D eigenvalue weighted by Gasteiger charge is -2.26. The van der Waals surface area contributed by atoms with Crippen molar-refractivity contribution in [2.24, 2.45) is 0 Å². The Morgan fingerprint density at radius 1 is 1.21 bits per heavy atom. The van der Waals surface area contributed by atoms with Gasteiger partial charge in [-0.3, -0.25) is 9.36 Å². The molecule has 0 unspecified atom stereocenters. The van der Waals surface area contributed by atoms with Gasteiger partial charge < -0.3 is 14.6 Å². The van der Waals surface area contributed by atoms with Gasteiger partial charge in [-0.1, -0.05) is 30.8 Å². The number of aromatic nitrogens is 2. The third-order valence-electron chi connectivity index (χ3n) is 5.74. The van der Waals surface area contributed by atoms with Gasteiger partial charge in [-0.15, -0.1) is 11.3 Å². The van der Waals surface area contributed by atoms with Crippen LogP contribution in [0.2, 0.25) is 0 Å². The van der Waals surface area contributed by atoms with E-state index in [0.29, 0.717) is 28.6 Å². The summed E-state index contributed by atoms with van der Waals surface area (Å²) in [5.74, 6) is 2.22. The molecule has 5 rings (SSSR count). The normalized spacial score (nSPS) is 15.2. The summed E-state index contributed by atoms with van der Waals surface area (Å²) in [4.78, 5) is 20.6. The molecule has 2 aromatic carbocycles. The Kier molecular flexibility index (Phi) is 5.80. The van der Waals surface area contributed by atoms with Crippen LogP contribution in [0, 0.1) is 13.8 Å². The number of para-hydroxylation sites is 2. The van der Waals surface area contributed by atoms with Gasteiger partial charge in [0.1, 0.15) is 23.3 Å². The molecule has 2 aromatic heterocycles. The van der Waals surface area contributed by atoms with E-state index in [4.69, 9.17) is 14.5 Å². The predicted molar refractivity (Wildman–Crippen MR) is 133 cm³/mol. The number of fused-ring (bicyclic) bond motifs is 2. The molecule has 0 bridgehead atoms. The number of benzene rings is 2. The highest BCUT2D eigenvalue weighted by molar-refractivity contribution is 7.99. The maximum absolute atomic E-state index is 13.8. The molecule has 6 nitrogen and oxygen atoms in total. The minimum atomic E-state index is -0.164. The molecule has 3 heterocycles. The van der Waals surface area contributed by atoms with E-state index in [-0.39, 0.29) is 17.4 Å². The van der Waals surface area contributed by atoms with Gasteiger partial charge in [0.15, 0.2) is 16.7 Å². The first-order valence-electron chi connectivity index (χ1n) is 10.8. The van der Waals surface area contributed by atoms with Crippen molar-refractivity contribution in [2.75, 3.05) is 12.4 Å². The third-order valence-corrected chi connectivity index (χ3v) is 7.85. The summed E-state index contributed by atoms with van der Waals surface area (Å²) < 4.78 is 13.6. The van der Waals surface area contributed by atoms with Crippen molar-refractivity contribution in [2.45, 2.75) is 38.5 Å². The Morgan fingerprint density at radius 3 is 2.76 bits per heavy atom. The van der Waals surface area contributed by atoms with E-state index in [0.717, 1.165) is 38.8 Å². The number of hydrogen-bond acceptors (Lipinski definition) is 7. The number of aromatic hydroxyl groups is 1. The van der Waals surface area contributed by atoms with Gasteiger partial charge in [-0.25, -0.2) is 4.98 Å². The maximum atomic E-state index is 13.8. The Labute approximate surface area is 199 Å². The third kappa shape index (κ3) is 3.98. The molecule has 0 saturated carbocycles. The van der Waals surface area contributed by atoms with E-state index < -0.39 is 0 Å². The second-order valence-corrected chi connectivity index (χ2v) is 10.2. The number of aryl methyl sites for hydroxylation is 3. The van der Waals surface area contributed by atoms with Gasteiger partial charge in [-0.2, -0.15) is 0 Å². The number of rotatable bonds is 5. The molecule has 1 aliphatic rings. The van der Waals surface area contributed by atoms with E-state index >= 15 is 0 Å². The van der Waals surface area contributed by atoms with Gasteiger partial charge in [0, 0.05) is 10.6 Å². The number of thiophene rings is 1. The molecule has 1 N–H and O–H groups in total. The number of phenolic OH excluding ortho intramolecular Hbond substituents is 1. The van der Waals surface area contributed by atoms with Crippen molar-refractivity contribution in [3.05, 3.63) is 68.8 Å². The largest absolute Gasteiger partial charge is 0.508 e. The van der Waals surface area contributed by atoms with Crippen molar-refractivity contribution < 1.29 is 14.6 Å². The first-order valence-corrected chi connectivity index (χ1v) is 12.6. The van der Waals surface area contributed by atoms with Crippen LogP contribution >= 0.6 is 23.1 Å². The zero-order chi connectivity index (χ0) is 23.1. The maximum Gasteiger partial charge on any atom is 0.267 e. The van der Waals surface area contributed by atoms with E-state index in [9.17, 15) is 9.90 Å². The van der Waals surface area contributed by atoms with Crippen LogP contribution in [0.15, 0.2) is 52.4 Å². The zero-order valence-electron chi connectivity index (χ0n) is 18.6. The number of nitrogens with zero attached hydrogens (tertiary/aromatic N) is 2. The van der Waals surface area contributed by atoms with E-state index in [1.807, 2.05) is 38.1 Å². The fourth-order valence-electron chi connectivity index (χ4n) is 4.14. The van der Waals surface area contributed by atoms with Crippen molar-refractivity contribution in [1.82, 2.24) is 9.55 Å². The van der Waals surface area contributed by atoms with Crippen LogP contribution in [0.4, 0.5) is 0 Å². The SMILES string of the molecule is CCc1c(C)sc2nc(SC[C@@H]3COc4ccccc4O3)n(-c3ccc(O)cc3C)c(=O)c12. The lowest BCUT2D eigenvalue weighted by Crippen LogP contribution is -2.31. The fraction of sp³-hybridized carbons (Fsp3) is 0.280. The molecule has 0 saturated heterocycles. The first-order chi connectivity index (χ1) is 16.0. The second kappa shape index (κ2) is 8.76. The first kappa shape index (κ1) is 21.9. The van der Waals surface area contributed by atoms with Crippen LogP contribution in [0.3, 0.4) is 0 Å². The number of ether oxygens (including phenoxy) is 2. The van der Waals surface area contributed by atoms with Gasteiger partial charge >= 0.3 is 0 Å². The van der Waals surface area contributed by atoms with Crippen LogP contribution in [0.25, 0.3) is 15.9 Å². The summed E-state index contributed by atoms with van der Waals surface area (Å²) in [7, 11) is 0. The molecule has 33 heavy (non-hydrogen) atoms. The summed E-state index contributed by atoms with van der Waals surface area (Å²) in [6.07, 6.45) is 0.611. The minimum absolute atomic E-state index is 0.0800. The average molecular weight is 481 g/mol. The molecular formula is C25H24N2O4S2. The fourth-order valence-corrected chi connectivity index (χ4v) is 6.26. The van der Waals surface area contributed by atoms with E-state index in [1.54, 1.807) is 34.1 Å². The molecule has 0 spiro atoms. The minimum Gasteiger partial charge on any atom is -0.508 e. The van der Waals surface area contributed by atoms with Crippen LogP contribution in [-0.2, 0) is 6.42 Å². The van der Waals surface area contributed by atoms with Gasteiger partial charge in [-0.05, 0) is 61.7 Å². The lowest BCUT2D eigenvalue weighted by molar-refractivity contribution is 0.107. The lowest BCUT2D eigenvalue weighted by atomic mass is 10.1. The van der Waals surface area contributed by atoms with Crippen LogP contribution < -0.4 is 15.0 Å². The molecule has 0 fully saturated rings. The van der Waals surface area contributed by atoms with Gasteiger partial charge in [0.05, 0.1) is 11.1 Å². The smallest absolute Gasteiger partial charge is 0.267 e. The molecule has 8 heteroatoms.